The Labute approximate surface area is 122 Å². The van der Waals surface area contributed by atoms with E-state index in [0.29, 0.717) is 11.5 Å². The van der Waals surface area contributed by atoms with Crippen molar-refractivity contribution < 1.29 is 21.4 Å². The van der Waals surface area contributed by atoms with E-state index in [1.807, 2.05) is 0 Å². The van der Waals surface area contributed by atoms with Crippen molar-refractivity contribution in [2.45, 2.75) is 23.6 Å². The van der Waals surface area contributed by atoms with E-state index in [2.05, 4.69) is 9.88 Å². The van der Waals surface area contributed by atoms with Gasteiger partial charge in [-0.05, 0) is 38.1 Å². The third-order valence-corrected chi connectivity index (χ3v) is 5.33. The lowest BCUT2D eigenvalue weighted by molar-refractivity contribution is 0.393. The predicted octanol–water partition coefficient (Wildman–Crippen LogP) is 1.50. The van der Waals surface area contributed by atoms with Gasteiger partial charge in [0.1, 0.15) is 11.4 Å². The standard InChI is InChI=1S/C12H14N2O5S2/c1-8-12(9(2)19-13-8)14-21(17,18)11-6-4-10(5-7-11)20(3,15)16/h4-7,14H,1-3H3. The molecule has 7 nitrogen and oxygen atoms in total. The first-order valence-corrected chi connectivity index (χ1v) is 9.24. The van der Waals surface area contributed by atoms with Crippen LogP contribution in [-0.4, -0.2) is 28.2 Å². The first-order chi connectivity index (χ1) is 9.61. The molecule has 0 atom stereocenters. The summed E-state index contributed by atoms with van der Waals surface area (Å²) in [5.74, 6) is 0.351. The molecule has 0 unspecified atom stereocenters. The summed E-state index contributed by atoms with van der Waals surface area (Å²) in [5, 5.41) is 3.66. The number of aromatic nitrogens is 1. The molecular formula is C12H14N2O5S2. The quantitative estimate of drug-likeness (QED) is 0.910. The fourth-order valence-corrected chi connectivity index (χ4v) is 3.49. The summed E-state index contributed by atoms with van der Waals surface area (Å²) in [5.41, 5.74) is 0.700. The number of nitrogens with one attached hydrogen (secondary N) is 1. The summed E-state index contributed by atoms with van der Waals surface area (Å²) < 4.78 is 54.4. The maximum Gasteiger partial charge on any atom is 0.262 e. The molecule has 114 valence electrons. The van der Waals surface area contributed by atoms with Crippen molar-refractivity contribution in [2.75, 3.05) is 11.0 Å². The highest BCUT2D eigenvalue weighted by Crippen LogP contribution is 2.23. The number of hydrogen-bond acceptors (Lipinski definition) is 6. The van der Waals surface area contributed by atoms with Gasteiger partial charge in [0.2, 0.25) is 0 Å². The van der Waals surface area contributed by atoms with Crippen LogP contribution in [-0.2, 0) is 19.9 Å². The molecule has 1 aromatic carbocycles. The molecule has 0 aliphatic carbocycles. The zero-order valence-corrected chi connectivity index (χ0v) is 13.2. The number of sulfone groups is 1. The molecule has 2 rings (SSSR count). The molecule has 2 aromatic rings. The summed E-state index contributed by atoms with van der Waals surface area (Å²) in [6.45, 7) is 3.20. The van der Waals surface area contributed by atoms with Crippen LogP contribution in [0.1, 0.15) is 11.5 Å². The van der Waals surface area contributed by atoms with E-state index in [1.54, 1.807) is 13.8 Å². The minimum atomic E-state index is -3.84. The predicted molar refractivity (Wildman–Crippen MR) is 76.3 cm³/mol. The Morgan fingerprint density at radius 3 is 1.95 bits per heavy atom. The Bertz CT molecular complexity index is 845. The molecule has 0 aliphatic heterocycles. The molecule has 0 aliphatic rings. The SMILES string of the molecule is Cc1noc(C)c1NS(=O)(=O)c1ccc(S(C)(=O)=O)cc1. The first-order valence-electron chi connectivity index (χ1n) is 5.87. The molecule has 0 saturated heterocycles. The molecule has 0 amide bonds. The van der Waals surface area contributed by atoms with Crippen LogP contribution in [0.2, 0.25) is 0 Å². The molecule has 1 N–H and O–H groups in total. The van der Waals surface area contributed by atoms with Crippen LogP contribution < -0.4 is 4.72 Å². The Hall–Kier alpha value is -1.87. The number of nitrogens with zero attached hydrogens (tertiary/aromatic N) is 1. The fourth-order valence-electron chi connectivity index (χ4n) is 1.69. The Balaban J connectivity index is 2.37. The lowest BCUT2D eigenvalue weighted by Crippen LogP contribution is -2.14. The van der Waals surface area contributed by atoms with Gasteiger partial charge >= 0.3 is 0 Å². The second-order valence-electron chi connectivity index (χ2n) is 4.55. The molecule has 9 heteroatoms. The van der Waals surface area contributed by atoms with Crippen LogP contribution in [0.3, 0.4) is 0 Å². The number of hydrogen-bond donors (Lipinski definition) is 1. The first kappa shape index (κ1) is 15.5. The lowest BCUT2D eigenvalue weighted by Gasteiger charge is -2.08. The van der Waals surface area contributed by atoms with Crippen molar-refractivity contribution in [1.82, 2.24) is 5.16 Å². The lowest BCUT2D eigenvalue weighted by atomic mass is 10.3. The van der Waals surface area contributed by atoms with Gasteiger partial charge < -0.3 is 4.52 Å². The maximum atomic E-state index is 12.2. The molecular weight excluding hydrogens is 316 g/mol. The van der Waals surface area contributed by atoms with Crippen molar-refractivity contribution in [3.8, 4) is 0 Å². The van der Waals surface area contributed by atoms with Crippen molar-refractivity contribution in [1.29, 1.82) is 0 Å². The minimum Gasteiger partial charge on any atom is -0.359 e. The number of anilines is 1. The fraction of sp³-hybridized carbons (Fsp3) is 0.250. The van der Waals surface area contributed by atoms with Crippen molar-refractivity contribution in [2.24, 2.45) is 0 Å². The summed E-state index contributed by atoms with van der Waals surface area (Å²) in [6.07, 6.45) is 1.05. The van der Waals surface area contributed by atoms with Gasteiger partial charge in [0.05, 0.1) is 9.79 Å². The largest absolute Gasteiger partial charge is 0.359 e. The maximum absolute atomic E-state index is 12.2. The van der Waals surface area contributed by atoms with E-state index < -0.39 is 19.9 Å². The summed E-state index contributed by atoms with van der Waals surface area (Å²) >= 11 is 0. The van der Waals surface area contributed by atoms with Crippen LogP contribution >= 0.6 is 0 Å². The number of benzene rings is 1. The molecule has 0 bridgehead atoms. The average molecular weight is 330 g/mol. The van der Waals surface area contributed by atoms with Crippen molar-refractivity contribution >= 4 is 25.5 Å². The van der Waals surface area contributed by atoms with Crippen molar-refractivity contribution in [3.05, 3.63) is 35.7 Å². The van der Waals surface area contributed by atoms with Gasteiger partial charge in [-0.3, -0.25) is 4.72 Å². The van der Waals surface area contributed by atoms with Crippen LogP contribution in [0.4, 0.5) is 5.69 Å². The van der Waals surface area contributed by atoms with Gasteiger partial charge in [-0.1, -0.05) is 5.16 Å². The topological polar surface area (TPSA) is 106 Å². The van der Waals surface area contributed by atoms with E-state index in [-0.39, 0.29) is 15.5 Å². The molecule has 0 spiro atoms. The monoisotopic (exact) mass is 330 g/mol. The van der Waals surface area contributed by atoms with E-state index in [1.165, 1.54) is 24.3 Å². The highest BCUT2D eigenvalue weighted by molar-refractivity contribution is 7.92. The van der Waals surface area contributed by atoms with Gasteiger partial charge in [-0.25, -0.2) is 16.8 Å². The Morgan fingerprint density at radius 2 is 1.52 bits per heavy atom. The summed E-state index contributed by atoms with van der Waals surface area (Å²) in [6, 6.07) is 4.96. The summed E-state index contributed by atoms with van der Waals surface area (Å²) in [7, 11) is -7.20. The highest BCUT2D eigenvalue weighted by atomic mass is 32.2. The molecule has 0 radical (unpaired) electrons. The van der Waals surface area contributed by atoms with Crippen LogP contribution in [0, 0.1) is 13.8 Å². The zero-order valence-electron chi connectivity index (χ0n) is 11.6. The van der Waals surface area contributed by atoms with Crippen molar-refractivity contribution in [3.63, 3.8) is 0 Å². The molecule has 0 fully saturated rings. The number of sulfonamides is 1. The van der Waals surface area contributed by atoms with Gasteiger partial charge in [0, 0.05) is 6.26 Å². The second-order valence-corrected chi connectivity index (χ2v) is 8.25. The van der Waals surface area contributed by atoms with Crippen LogP contribution in [0.25, 0.3) is 0 Å². The van der Waals surface area contributed by atoms with Crippen LogP contribution in [0.5, 0.6) is 0 Å². The minimum absolute atomic E-state index is 0.0464. The molecule has 1 heterocycles. The number of rotatable bonds is 4. The zero-order chi connectivity index (χ0) is 15.8. The van der Waals surface area contributed by atoms with E-state index in [4.69, 9.17) is 4.52 Å². The summed E-state index contributed by atoms with van der Waals surface area (Å²) in [4.78, 5) is 0.00805. The third kappa shape index (κ3) is 3.24. The normalized spacial score (nSPS) is 12.3. The highest BCUT2D eigenvalue weighted by Gasteiger charge is 2.20. The van der Waals surface area contributed by atoms with Gasteiger partial charge in [0.25, 0.3) is 10.0 Å². The van der Waals surface area contributed by atoms with E-state index >= 15 is 0 Å². The van der Waals surface area contributed by atoms with Gasteiger partial charge in [0.15, 0.2) is 15.6 Å². The van der Waals surface area contributed by atoms with Crippen LogP contribution in [0.15, 0.2) is 38.6 Å². The van der Waals surface area contributed by atoms with E-state index in [0.717, 1.165) is 6.26 Å². The Morgan fingerprint density at radius 1 is 1.00 bits per heavy atom. The number of aryl methyl sites for hydroxylation is 2. The second kappa shape index (κ2) is 5.15. The molecule has 21 heavy (non-hydrogen) atoms. The smallest absolute Gasteiger partial charge is 0.262 e. The van der Waals surface area contributed by atoms with Gasteiger partial charge in [-0.2, -0.15) is 0 Å². The van der Waals surface area contributed by atoms with E-state index in [9.17, 15) is 16.8 Å². The Kier molecular flexibility index (Phi) is 3.81. The van der Waals surface area contributed by atoms with Gasteiger partial charge in [-0.15, -0.1) is 0 Å². The average Bonchev–Trinajstić information content (AvgIpc) is 2.69. The third-order valence-electron chi connectivity index (χ3n) is 2.83. The molecule has 1 aromatic heterocycles. The molecule has 0 saturated carbocycles.